The lowest BCUT2D eigenvalue weighted by Crippen LogP contribution is -2.49. The highest BCUT2D eigenvalue weighted by molar-refractivity contribution is 6.35. The Morgan fingerprint density at radius 3 is 2.15 bits per heavy atom. The first-order valence-corrected chi connectivity index (χ1v) is 13.2. The van der Waals surface area contributed by atoms with E-state index in [9.17, 15) is 14.7 Å². The van der Waals surface area contributed by atoms with Gasteiger partial charge in [0.05, 0.1) is 6.42 Å². The lowest BCUT2D eigenvalue weighted by molar-refractivity contribution is -0.151. The fourth-order valence-electron chi connectivity index (χ4n) is 4.79. The van der Waals surface area contributed by atoms with Crippen LogP contribution in [-0.4, -0.2) is 27.9 Å². The van der Waals surface area contributed by atoms with Crippen LogP contribution in [0.2, 0.25) is 10.0 Å². The predicted molar refractivity (Wildman–Crippen MR) is 153 cm³/mol. The number of hydrogen-bond donors (Lipinski definition) is 1. The summed E-state index contributed by atoms with van der Waals surface area (Å²) in [5.41, 5.74) is 2.72. The van der Waals surface area contributed by atoms with Crippen molar-refractivity contribution < 1.29 is 19.1 Å². The van der Waals surface area contributed by atoms with Crippen LogP contribution in [-0.2, 0) is 22.4 Å². The van der Waals surface area contributed by atoms with Crippen LogP contribution in [0.25, 0.3) is 11.0 Å². The molecule has 196 valence electrons. The Morgan fingerprint density at radius 1 is 0.821 bits per heavy atom. The van der Waals surface area contributed by atoms with E-state index < -0.39 is 24.0 Å². The number of amides is 1. The first-order chi connectivity index (χ1) is 18.9. The number of para-hydroxylation sites is 1. The maximum atomic E-state index is 14.2. The van der Waals surface area contributed by atoms with E-state index in [1.807, 2.05) is 91.0 Å². The van der Waals surface area contributed by atoms with Gasteiger partial charge >= 0.3 is 5.97 Å². The van der Waals surface area contributed by atoms with Crippen molar-refractivity contribution in [3.63, 3.8) is 0 Å². The van der Waals surface area contributed by atoms with E-state index in [1.54, 1.807) is 18.2 Å². The van der Waals surface area contributed by atoms with Crippen LogP contribution in [0.4, 0.5) is 0 Å². The van der Waals surface area contributed by atoms with Gasteiger partial charge in [-0.15, -0.1) is 0 Å². The van der Waals surface area contributed by atoms with Crippen molar-refractivity contribution in [1.29, 1.82) is 0 Å². The molecule has 1 heterocycles. The van der Waals surface area contributed by atoms with Crippen LogP contribution < -0.4 is 0 Å². The van der Waals surface area contributed by atoms with Crippen LogP contribution in [0.5, 0.6) is 0 Å². The van der Waals surface area contributed by atoms with Crippen molar-refractivity contribution in [3.8, 4) is 0 Å². The molecule has 0 aliphatic heterocycles. The molecule has 4 aromatic carbocycles. The number of hydrogen-bond acceptors (Lipinski definition) is 3. The number of carboxylic acid groups (broad SMARTS) is 1. The van der Waals surface area contributed by atoms with Crippen molar-refractivity contribution in [2.45, 2.75) is 24.9 Å². The summed E-state index contributed by atoms with van der Waals surface area (Å²) in [5.74, 6) is -1.06. The van der Waals surface area contributed by atoms with E-state index in [0.717, 1.165) is 16.5 Å². The summed E-state index contributed by atoms with van der Waals surface area (Å²) in [5, 5.41) is 12.2. The van der Waals surface area contributed by atoms with Gasteiger partial charge in [0.25, 0.3) is 0 Å². The van der Waals surface area contributed by atoms with E-state index >= 15 is 0 Å². The van der Waals surface area contributed by atoms with Gasteiger partial charge in [-0.2, -0.15) is 0 Å². The third-order valence-electron chi connectivity index (χ3n) is 6.65. The number of fused-ring (bicyclic) bond motifs is 1. The highest BCUT2D eigenvalue weighted by Crippen LogP contribution is 2.36. The number of carbonyl (C=O) groups is 2. The normalized spacial score (nSPS) is 12.7. The monoisotopic (exact) mass is 557 g/mol. The molecule has 0 saturated heterocycles. The van der Waals surface area contributed by atoms with Gasteiger partial charge in [-0.05, 0) is 41.0 Å². The van der Waals surface area contributed by atoms with Gasteiger partial charge < -0.3 is 14.4 Å². The third kappa shape index (κ3) is 6.00. The lowest BCUT2D eigenvalue weighted by Gasteiger charge is -2.36. The molecule has 1 aromatic heterocycles. The summed E-state index contributed by atoms with van der Waals surface area (Å²) in [6, 6.07) is 30.9. The Hall–Kier alpha value is -4.06. The minimum Gasteiger partial charge on any atom is -0.480 e. The molecule has 5 nitrogen and oxygen atoms in total. The number of aliphatic carboxylic acids is 1. The fraction of sp³-hybridized carbons (Fsp3) is 0.125. The lowest BCUT2D eigenvalue weighted by atomic mass is 9.96. The molecule has 39 heavy (non-hydrogen) atoms. The number of benzene rings is 4. The second kappa shape index (κ2) is 11.8. The van der Waals surface area contributed by atoms with Crippen molar-refractivity contribution in [2.75, 3.05) is 0 Å². The molecule has 0 bridgehead atoms. The molecular weight excluding hydrogens is 533 g/mol. The van der Waals surface area contributed by atoms with Gasteiger partial charge in [0, 0.05) is 21.9 Å². The quantitative estimate of drug-likeness (QED) is 0.202. The zero-order chi connectivity index (χ0) is 27.4. The molecule has 7 heteroatoms. The number of halogens is 2. The molecule has 0 fully saturated rings. The zero-order valence-electron chi connectivity index (χ0n) is 20.8. The van der Waals surface area contributed by atoms with Crippen molar-refractivity contribution in [2.24, 2.45) is 0 Å². The molecule has 0 saturated carbocycles. The van der Waals surface area contributed by atoms with Gasteiger partial charge in [-0.25, -0.2) is 4.79 Å². The summed E-state index contributed by atoms with van der Waals surface area (Å²) in [4.78, 5) is 28.5. The highest BCUT2D eigenvalue weighted by atomic mass is 35.5. The number of rotatable bonds is 9. The van der Waals surface area contributed by atoms with Crippen LogP contribution in [0.15, 0.2) is 114 Å². The second-order valence-corrected chi connectivity index (χ2v) is 10.1. The molecular formula is C32H25Cl2NO4. The molecule has 0 radical (unpaired) electrons. The summed E-state index contributed by atoms with van der Waals surface area (Å²) < 4.78 is 6.26. The smallest absolute Gasteiger partial charge is 0.326 e. The van der Waals surface area contributed by atoms with Crippen LogP contribution in [0, 0.1) is 0 Å². The topological polar surface area (TPSA) is 70.8 Å². The van der Waals surface area contributed by atoms with Gasteiger partial charge in [-0.3, -0.25) is 4.79 Å². The van der Waals surface area contributed by atoms with E-state index in [-0.39, 0.29) is 12.8 Å². The van der Waals surface area contributed by atoms with Crippen LogP contribution >= 0.6 is 23.2 Å². The van der Waals surface area contributed by atoms with Gasteiger partial charge in [0.15, 0.2) is 0 Å². The summed E-state index contributed by atoms with van der Waals surface area (Å²) in [7, 11) is 0. The summed E-state index contributed by atoms with van der Waals surface area (Å²) in [6.45, 7) is 0. The molecule has 1 amide bonds. The Balaban J connectivity index is 1.67. The summed E-state index contributed by atoms with van der Waals surface area (Å²) in [6.07, 6.45) is -0.00202. The Bertz CT molecular complexity index is 1570. The minimum absolute atomic E-state index is 0.111. The molecule has 2 atom stereocenters. The highest BCUT2D eigenvalue weighted by Gasteiger charge is 2.38. The molecule has 1 N–H and O–H groups in total. The van der Waals surface area contributed by atoms with Crippen molar-refractivity contribution in [1.82, 2.24) is 4.90 Å². The van der Waals surface area contributed by atoms with Gasteiger partial charge in [0.2, 0.25) is 5.91 Å². The van der Waals surface area contributed by atoms with E-state index in [2.05, 4.69) is 0 Å². The minimum atomic E-state index is -1.19. The predicted octanol–water partition coefficient (Wildman–Crippen LogP) is 7.60. The number of nitrogens with zero attached hydrogens (tertiary/aromatic N) is 1. The molecule has 5 rings (SSSR count). The average molecular weight is 558 g/mol. The number of carboxylic acids is 1. The molecule has 0 aliphatic rings. The van der Waals surface area contributed by atoms with Crippen LogP contribution in [0.3, 0.4) is 0 Å². The third-order valence-corrected chi connectivity index (χ3v) is 7.23. The Labute approximate surface area is 236 Å². The molecule has 0 spiro atoms. The Morgan fingerprint density at radius 2 is 1.49 bits per heavy atom. The maximum Gasteiger partial charge on any atom is 0.326 e. The molecule has 0 aliphatic carbocycles. The van der Waals surface area contributed by atoms with Gasteiger partial charge in [-0.1, -0.05) is 108 Å². The van der Waals surface area contributed by atoms with E-state index in [0.29, 0.717) is 27.0 Å². The summed E-state index contributed by atoms with van der Waals surface area (Å²) >= 11 is 12.5. The standard InChI is InChI=1S/C32H25Cl2NO4/c33-25-16-15-23(26(34)20-25)19-30(36)35(27(32(37)38)17-21-9-3-1-4-10-21)31(22-11-5-2-6-12-22)29-18-24-13-7-8-14-28(24)39-29/h1-16,18,20,27,31H,17,19H2,(H,37,38)/t27-,31?/m0/s1. The first kappa shape index (κ1) is 26.5. The van der Waals surface area contributed by atoms with Gasteiger partial charge in [0.1, 0.15) is 23.4 Å². The largest absolute Gasteiger partial charge is 0.480 e. The van der Waals surface area contributed by atoms with E-state index in [1.165, 1.54) is 4.90 Å². The Kier molecular flexibility index (Phi) is 8.01. The SMILES string of the molecule is O=C(O)[C@H](Cc1ccccc1)N(C(=O)Cc1ccc(Cl)cc1Cl)C(c1ccccc1)c1cc2ccccc2o1. The second-order valence-electron chi connectivity index (χ2n) is 9.26. The van der Waals surface area contributed by atoms with E-state index in [4.69, 9.17) is 27.6 Å². The number of furan rings is 1. The molecule has 5 aromatic rings. The first-order valence-electron chi connectivity index (χ1n) is 12.5. The van der Waals surface area contributed by atoms with Crippen molar-refractivity contribution in [3.05, 3.63) is 142 Å². The van der Waals surface area contributed by atoms with Crippen molar-refractivity contribution >= 4 is 46.0 Å². The fourth-order valence-corrected chi connectivity index (χ4v) is 5.27. The average Bonchev–Trinajstić information content (AvgIpc) is 3.37. The zero-order valence-corrected chi connectivity index (χ0v) is 22.3. The van der Waals surface area contributed by atoms with Crippen LogP contribution in [0.1, 0.15) is 28.5 Å². The molecule has 1 unspecified atom stereocenters. The number of carbonyl (C=O) groups excluding carboxylic acids is 1. The maximum absolute atomic E-state index is 14.2.